The molecule has 16 heavy (non-hydrogen) atoms. The molecule has 0 aliphatic heterocycles. The molecular formula is C13H13NO2. The topological polar surface area (TPSA) is 42.2 Å². The molecule has 0 saturated carbocycles. The minimum absolute atomic E-state index is 0.381. The van der Waals surface area contributed by atoms with Crippen LogP contribution in [-0.2, 0) is 13.5 Å². The van der Waals surface area contributed by atoms with E-state index in [4.69, 9.17) is 5.11 Å². The molecule has 0 fully saturated rings. The molecule has 1 heterocycles. The van der Waals surface area contributed by atoms with Gasteiger partial charge in [0.15, 0.2) is 0 Å². The Morgan fingerprint density at radius 2 is 1.94 bits per heavy atom. The molecule has 1 N–H and O–H groups in total. The van der Waals surface area contributed by atoms with Crippen LogP contribution in [0.1, 0.15) is 21.6 Å². The number of hydrogen-bond acceptors (Lipinski definition) is 1. The fraction of sp³-hybridized carbons (Fsp3) is 0.154. The summed E-state index contributed by atoms with van der Waals surface area (Å²) < 4.78 is 1.86. The van der Waals surface area contributed by atoms with Crippen LogP contribution in [0.25, 0.3) is 0 Å². The van der Waals surface area contributed by atoms with Crippen molar-refractivity contribution < 1.29 is 9.90 Å². The van der Waals surface area contributed by atoms with Gasteiger partial charge in [-0.1, -0.05) is 30.3 Å². The van der Waals surface area contributed by atoms with Crippen LogP contribution in [0.5, 0.6) is 0 Å². The smallest absolute Gasteiger partial charge is 0.337 e. The van der Waals surface area contributed by atoms with Crippen molar-refractivity contribution in [3.8, 4) is 0 Å². The summed E-state index contributed by atoms with van der Waals surface area (Å²) in [7, 11) is 1.87. The summed E-state index contributed by atoms with van der Waals surface area (Å²) in [6.07, 6.45) is 2.42. The molecule has 0 radical (unpaired) electrons. The summed E-state index contributed by atoms with van der Waals surface area (Å²) in [6, 6.07) is 11.5. The molecule has 0 unspecified atom stereocenters. The molecule has 0 spiro atoms. The Kier molecular flexibility index (Phi) is 2.77. The number of aromatic carboxylic acids is 1. The van der Waals surface area contributed by atoms with Crippen molar-refractivity contribution >= 4 is 5.97 Å². The largest absolute Gasteiger partial charge is 0.478 e. The predicted octanol–water partition coefficient (Wildman–Crippen LogP) is 2.31. The second kappa shape index (κ2) is 4.23. The van der Waals surface area contributed by atoms with Crippen molar-refractivity contribution in [1.29, 1.82) is 0 Å². The first-order valence-electron chi connectivity index (χ1n) is 5.10. The summed E-state index contributed by atoms with van der Waals surface area (Å²) in [4.78, 5) is 11.0. The molecule has 3 heteroatoms. The molecule has 3 nitrogen and oxygen atoms in total. The van der Waals surface area contributed by atoms with Gasteiger partial charge in [-0.05, 0) is 11.6 Å². The van der Waals surface area contributed by atoms with Crippen LogP contribution >= 0.6 is 0 Å². The summed E-state index contributed by atoms with van der Waals surface area (Å²) in [5, 5.41) is 9.04. The molecule has 1 aromatic heterocycles. The highest BCUT2D eigenvalue weighted by molar-refractivity contribution is 5.89. The molecule has 0 saturated heterocycles. The third kappa shape index (κ3) is 1.98. The molecule has 82 valence electrons. The Balaban J connectivity index is 2.34. The molecule has 0 aliphatic rings. The lowest BCUT2D eigenvalue weighted by atomic mass is 10.1. The summed E-state index contributed by atoms with van der Waals surface area (Å²) >= 11 is 0. The van der Waals surface area contributed by atoms with E-state index < -0.39 is 5.97 Å². The summed E-state index contributed by atoms with van der Waals surface area (Å²) in [5.41, 5.74) is 2.33. The second-order valence-corrected chi connectivity index (χ2v) is 3.75. The lowest BCUT2D eigenvalue weighted by Crippen LogP contribution is -2.04. The van der Waals surface area contributed by atoms with Crippen molar-refractivity contribution in [2.24, 2.45) is 7.05 Å². The SMILES string of the molecule is Cn1ccc(C(=O)O)c1Cc1ccccc1. The number of aryl methyl sites for hydroxylation is 1. The third-order valence-electron chi connectivity index (χ3n) is 2.65. The van der Waals surface area contributed by atoms with Gasteiger partial charge < -0.3 is 9.67 Å². The standard InChI is InChI=1S/C13H13NO2/c1-14-8-7-11(13(15)16)12(14)9-10-5-3-2-4-6-10/h2-8H,9H2,1H3,(H,15,16). The fourth-order valence-corrected chi connectivity index (χ4v) is 1.77. The van der Waals surface area contributed by atoms with Gasteiger partial charge in [-0.25, -0.2) is 4.79 Å². The van der Waals surface area contributed by atoms with Gasteiger partial charge in [0.1, 0.15) is 0 Å². The maximum atomic E-state index is 11.0. The lowest BCUT2D eigenvalue weighted by Gasteiger charge is -2.05. The molecule has 0 aliphatic carbocycles. The fourth-order valence-electron chi connectivity index (χ4n) is 1.77. The normalized spacial score (nSPS) is 10.3. The number of carboxylic acids is 1. The Hall–Kier alpha value is -2.03. The average molecular weight is 215 g/mol. The molecular weight excluding hydrogens is 202 g/mol. The quantitative estimate of drug-likeness (QED) is 0.853. The van der Waals surface area contributed by atoms with Gasteiger partial charge in [-0.15, -0.1) is 0 Å². The zero-order chi connectivity index (χ0) is 11.5. The molecule has 2 rings (SSSR count). The van der Waals surface area contributed by atoms with E-state index in [-0.39, 0.29) is 0 Å². The van der Waals surface area contributed by atoms with Crippen molar-refractivity contribution in [1.82, 2.24) is 4.57 Å². The van der Waals surface area contributed by atoms with Gasteiger partial charge in [0.05, 0.1) is 5.56 Å². The highest BCUT2D eigenvalue weighted by atomic mass is 16.4. The Morgan fingerprint density at radius 3 is 2.56 bits per heavy atom. The molecule has 2 aromatic rings. The van der Waals surface area contributed by atoms with Crippen molar-refractivity contribution in [2.45, 2.75) is 6.42 Å². The van der Waals surface area contributed by atoms with E-state index in [0.29, 0.717) is 12.0 Å². The van der Waals surface area contributed by atoms with Crippen LogP contribution in [0.4, 0.5) is 0 Å². The van der Waals surface area contributed by atoms with Gasteiger partial charge in [0, 0.05) is 25.4 Å². The number of aromatic nitrogens is 1. The van der Waals surface area contributed by atoms with Gasteiger partial charge in [0.2, 0.25) is 0 Å². The maximum Gasteiger partial charge on any atom is 0.337 e. The van der Waals surface area contributed by atoms with Gasteiger partial charge in [0.25, 0.3) is 0 Å². The van der Waals surface area contributed by atoms with Crippen LogP contribution in [0.15, 0.2) is 42.6 Å². The van der Waals surface area contributed by atoms with Crippen LogP contribution in [0.2, 0.25) is 0 Å². The lowest BCUT2D eigenvalue weighted by molar-refractivity contribution is 0.0696. The van der Waals surface area contributed by atoms with Crippen LogP contribution in [0, 0.1) is 0 Å². The second-order valence-electron chi connectivity index (χ2n) is 3.75. The van der Waals surface area contributed by atoms with E-state index in [0.717, 1.165) is 11.3 Å². The number of carbonyl (C=O) groups is 1. The predicted molar refractivity (Wildman–Crippen MR) is 61.6 cm³/mol. The van der Waals surface area contributed by atoms with Crippen LogP contribution in [-0.4, -0.2) is 15.6 Å². The Morgan fingerprint density at radius 1 is 1.25 bits per heavy atom. The van der Waals surface area contributed by atoms with E-state index in [1.807, 2.05) is 41.9 Å². The first-order valence-corrected chi connectivity index (χ1v) is 5.10. The minimum Gasteiger partial charge on any atom is -0.478 e. The summed E-state index contributed by atoms with van der Waals surface area (Å²) in [6.45, 7) is 0. The molecule has 1 aromatic carbocycles. The van der Waals surface area contributed by atoms with E-state index in [1.54, 1.807) is 12.3 Å². The third-order valence-corrected chi connectivity index (χ3v) is 2.65. The number of nitrogens with zero attached hydrogens (tertiary/aromatic N) is 1. The molecule has 0 bridgehead atoms. The van der Waals surface area contributed by atoms with Crippen LogP contribution < -0.4 is 0 Å². The van der Waals surface area contributed by atoms with Crippen molar-refractivity contribution in [3.05, 3.63) is 59.4 Å². The van der Waals surface area contributed by atoms with Crippen molar-refractivity contribution in [2.75, 3.05) is 0 Å². The van der Waals surface area contributed by atoms with Crippen molar-refractivity contribution in [3.63, 3.8) is 0 Å². The number of benzene rings is 1. The highest BCUT2D eigenvalue weighted by Gasteiger charge is 2.13. The number of rotatable bonds is 3. The monoisotopic (exact) mass is 215 g/mol. The van der Waals surface area contributed by atoms with E-state index in [9.17, 15) is 4.79 Å². The zero-order valence-corrected chi connectivity index (χ0v) is 9.05. The van der Waals surface area contributed by atoms with E-state index in [1.165, 1.54) is 0 Å². The Labute approximate surface area is 94.0 Å². The van der Waals surface area contributed by atoms with E-state index in [2.05, 4.69) is 0 Å². The average Bonchev–Trinajstić information content (AvgIpc) is 2.62. The molecule has 0 atom stereocenters. The van der Waals surface area contributed by atoms with E-state index >= 15 is 0 Å². The maximum absolute atomic E-state index is 11.0. The Bertz CT molecular complexity index is 500. The van der Waals surface area contributed by atoms with Gasteiger partial charge >= 0.3 is 5.97 Å². The first kappa shape index (κ1) is 10.5. The molecule has 0 amide bonds. The summed E-state index contributed by atoms with van der Waals surface area (Å²) in [5.74, 6) is -0.869. The highest BCUT2D eigenvalue weighted by Crippen LogP contribution is 2.15. The zero-order valence-electron chi connectivity index (χ0n) is 9.05. The van der Waals surface area contributed by atoms with Gasteiger partial charge in [-0.3, -0.25) is 0 Å². The minimum atomic E-state index is -0.869. The van der Waals surface area contributed by atoms with Crippen LogP contribution in [0.3, 0.4) is 0 Å². The number of hydrogen-bond donors (Lipinski definition) is 1. The number of carboxylic acid groups (broad SMARTS) is 1. The van der Waals surface area contributed by atoms with Gasteiger partial charge in [-0.2, -0.15) is 0 Å². The first-order chi connectivity index (χ1) is 7.68.